The zero-order valence-corrected chi connectivity index (χ0v) is 16.2. The first kappa shape index (κ1) is 18.5. The molecule has 2 aromatic carbocycles. The van der Waals surface area contributed by atoms with Crippen molar-refractivity contribution >= 4 is 50.2 Å². The Labute approximate surface area is 156 Å². The van der Waals surface area contributed by atoms with Crippen LogP contribution in [0.15, 0.2) is 38.2 Å². The number of hydrogen-bond donors (Lipinski definition) is 1. The summed E-state index contributed by atoms with van der Waals surface area (Å²) in [6.07, 6.45) is 1.53. The Morgan fingerprint density at radius 3 is 2.71 bits per heavy atom. The van der Waals surface area contributed by atoms with Gasteiger partial charge in [-0.3, -0.25) is 9.79 Å². The molecule has 5 nitrogen and oxygen atoms in total. The SMILES string of the molecule is CCOc1cc(Br)c(Br)c(/C=N/c2cccc(OC=O)c2C)c1O. The molecule has 0 unspecified atom stereocenters. The lowest BCUT2D eigenvalue weighted by Crippen LogP contribution is -1.96. The van der Waals surface area contributed by atoms with Crippen molar-refractivity contribution in [2.75, 3.05) is 6.61 Å². The molecule has 126 valence electrons. The van der Waals surface area contributed by atoms with Crippen LogP contribution >= 0.6 is 31.9 Å². The number of aromatic hydroxyl groups is 1. The van der Waals surface area contributed by atoms with Crippen LogP contribution in [0.5, 0.6) is 17.2 Å². The highest BCUT2D eigenvalue weighted by molar-refractivity contribution is 9.13. The second kappa shape index (κ2) is 8.30. The van der Waals surface area contributed by atoms with E-state index in [2.05, 4.69) is 36.9 Å². The van der Waals surface area contributed by atoms with Gasteiger partial charge in [-0.25, -0.2) is 0 Å². The summed E-state index contributed by atoms with van der Waals surface area (Å²) in [6, 6.07) is 6.89. The number of ether oxygens (including phenoxy) is 2. The first-order chi connectivity index (χ1) is 11.5. The van der Waals surface area contributed by atoms with Crippen molar-refractivity contribution in [3.8, 4) is 17.2 Å². The number of phenols is 1. The molecule has 0 aliphatic heterocycles. The van der Waals surface area contributed by atoms with Crippen molar-refractivity contribution in [1.82, 2.24) is 0 Å². The summed E-state index contributed by atoms with van der Waals surface area (Å²) in [5.41, 5.74) is 1.82. The van der Waals surface area contributed by atoms with Crippen LogP contribution in [0.1, 0.15) is 18.1 Å². The van der Waals surface area contributed by atoms with Crippen LogP contribution in [0.4, 0.5) is 5.69 Å². The number of phenolic OH excluding ortho intramolecular Hbond substituents is 1. The molecule has 0 aromatic heterocycles. The highest BCUT2D eigenvalue weighted by atomic mass is 79.9. The smallest absolute Gasteiger partial charge is 0.298 e. The molecule has 0 heterocycles. The first-order valence-electron chi connectivity index (χ1n) is 7.07. The van der Waals surface area contributed by atoms with Crippen molar-refractivity contribution in [1.29, 1.82) is 0 Å². The van der Waals surface area contributed by atoms with Gasteiger partial charge in [0.05, 0.1) is 17.9 Å². The summed E-state index contributed by atoms with van der Waals surface area (Å²) < 4.78 is 11.7. The molecular weight excluding hydrogens is 442 g/mol. The van der Waals surface area contributed by atoms with Crippen LogP contribution in [0, 0.1) is 6.92 Å². The van der Waals surface area contributed by atoms with Crippen LogP contribution in [0.3, 0.4) is 0 Å². The summed E-state index contributed by atoms with van der Waals surface area (Å²) in [6.45, 7) is 4.45. The van der Waals surface area contributed by atoms with Gasteiger partial charge in [-0.1, -0.05) is 6.07 Å². The summed E-state index contributed by atoms with van der Waals surface area (Å²) in [5, 5.41) is 10.4. The fourth-order valence-corrected chi connectivity index (χ4v) is 2.88. The summed E-state index contributed by atoms with van der Waals surface area (Å²) in [5.74, 6) is 0.796. The van der Waals surface area contributed by atoms with Crippen LogP contribution in [-0.4, -0.2) is 24.4 Å². The van der Waals surface area contributed by atoms with Crippen LogP contribution in [0.25, 0.3) is 0 Å². The second-order valence-electron chi connectivity index (χ2n) is 4.74. The van der Waals surface area contributed by atoms with E-state index in [1.807, 2.05) is 6.92 Å². The molecule has 24 heavy (non-hydrogen) atoms. The van der Waals surface area contributed by atoms with E-state index >= 15 is 0 Å². The Morgan fingerprint density at radius 2 is 2.04 bits per heavy atom. The topological polar surface area (TPSA) is 68.1 Å². The number of halogens is 2. The number of nitrogens with zero attached hydrogens (tertiary/aromatic N) is 1. The fraction of sp³-hybridized carbons (Fsp3) is 0.176. The Hall–Kier alpha value is -1.86. The molecular formula is C17H15Br2NO4. The molecule has 2 aromatic rings. The molecule has 0 aliphatic carbocycles. The Balaban J connectivity index is 2.46. The van der Waals surface area contributed by atoms with Crippen molar-refractivity contribution in [3.63, 3.8) is 0 Å². The van der Waals surface area contributed by atoms with Gasteiger partial charge in [-0.05, 0) is 63.9 Å². The van der Waals surface area contributed by atoms with E-state index in [1.165, 1.54) is 6.21 Å². The van der Waals surface area contributed by atoms with E-state index in [-0.39, 0.29) is 5.75 Å². The largest absolute Gasteiger partial charge is 0.504 e. The molecule has 7 heteroatoms. The highest BCUT2D eigenvalue weighted by Crippen LogP contribution is 2.40. The molecule has 1 N–H and O–H groups in total. The maximum Gasteiger partial charge on any atom is 0.298 e. The quantitative estimate of drug-likeness (QED) is 0.495. The van der Waals surface area contributed by atoms with E-state index in [1.54, 1.807) is 31.2 Å². The molecule has 0 bridgehead atoms. The maximum atomic E-state index is 10.5. The maximum absolute atomic E-state index is 10.5. The molecule has 0 radical (unpaired) electrons. The van der Waals surface area contributed by atoms with Crippen molar-refractivity contribution in [2.24, 2.45) is 4.99 Å². The number of hydrogen-bond acceptors (Lipinski definition) is 5. The minimum atomic E-state index is -0.00590. The summed E-state index contributed by atoms with van der Waals surface area (Å²) in [4.78, 5) is 14.9. The van der Waals surface area contributed by atoms with Gasteiger partial charge in [0.1, 0.15) is 5.75 Å². The molecule has 0 fully saturated rings. The van der Waals surface area contributed by atoms with Crippen molar-refractivity contribution < 1.29 is 19.4 Å². The number of rotatable bonds is 6. The van der Waals surface area contributed by atoms with Gasteiger partial charge in [0.2, 0.25) is 0 Å². The highest BCUT2D eigenvalue weighted by Gasteiger charge is 2.15. The fourth-order valence-electron chi connectivity index (χ4n) is 2.05. The Bertz CT molecular complexity index is 791. The molecule has 0 saturated carbocycles. The lowest BCUT2D eigenvalue weighted by atomic mass is 10.1. The number of benzene rings is 2. The molecule has 0 aliphatic rings. The minimum absolute atomic E-state index is 0.00590. The third-order valence-electron chi connectivity index (χ3n) is 3.26. The summed E-state index contributed by atoms with van der Waals surface area (Å²) >= 11 is 6.84. The third-order valence-corrected chi connectivity index (χ3v) is 5.27. The lowest BCUT2D eigenvalue weighted by molar-refractivity contribution is -0.120. The van der Waals surface area contributed by atoms with Crippen LogP contribution in [-0.2, 0) is 4.79 Å². The van der Waals surface area contributed by atoms with E-state index < -0.39 is 0 Å². The Morgan fingerprint density at radius 1 is 1.29 bits per heavy atom. The van der Waals surface area contributed by atoms with E-state index in [4.69, 9.17) is 9.47 Å². The monoisotopic (exact) mass is 455 g/mol. The van der Waals surface area contributed by atoms with Gasteiger partial charge in [0.15, 0.2) is 11.5 Å². The zero-order valence-electron chi connectivity index (χ0n) is 13.0. The van der Waals surface area contributed by atoms with Gasteiger partial charge in [0.25, 0.3) is 6.47 Å². The van der Waals surface area contributed by atoms with Gasteiger partial charge >= 0.3 is 0 Å². The average molecular weight is 457 g/mol. The van der Waals surface area contributed by atoms with Crippen LogP contribution < -0.4 is 9.47 Å². The standard InChI is InChI=1S/C17H15Br2NO4/c1-3-23-15-7-12(18)16(19)11(17(15)22)8-20-13-5-4-6-14(10(13)2)24-9-21/h4-9,22H,3H2,1-2H3/b20-8+. The molecule has 0 saturated heterocycles. The van der Waals surface area contributed by atoms with Crippen LogP contribution in [0.2, 0.25) is 0 Å². The summed E-state index contributed by atoms with van der Waals surface area (Å²) in [7, 11) is 0. The van der Waals surface area contributed by atoms with Crippen molar-refractivity contribution in [3.05, 3.63) is 44.3 Å². The van der Waals surface area contributed by atoms with Gasteiger partial charge in [-0.15, -0.1) is 0 Å². The number of aliphatic imine (C=N–C) groups is 1. The first-order valence-corrected chi connectivity index (χ1v) is 8.65. The number of carbonyl (C=O) groups excluding carboxylic acids is 1. The molecule has 0 atom stereocenters. The van der Waals surface area contributed by atoms with Gasteiger partial charge in [-0.2, -0.15) is 0 Å². The normalized spacial score (nSPS) is 10.8. The Kier molecular flexibility index (Phi) is 6.39. The molecule has 0 spiro atoms. The minimum Gasteiger partial charge on any atom is -0.504 e. The van der Waals surface area contributed by atoms with E-state index in [0.717, 1.165) is 10.0 Å². The second-order valence-corrected chi connectivity index (χ2v) is 6.39. The molecule has 0 amide bonds. The van der Waals surface area contributed by atoms with E-state index in [9.17, 15) is 9.90 Å². The number of carbonyl (C=O) groups is 1. The van der Waals surface area contributed by atoms with Gasteiger partial charge < -0.3 is 14.6 Å². The van der Waals surface area contributed by atoms with Gasteiger partial charge in [0, 0.05) is 20.7 Å². The molecule has 2 rings (SSSR count). The predicted octanol–water partition coefficient (Wildman–Crippen LogP) is 4.91. The average Bonchev–Trinajstić information content (AvgIpc) is 2.56. The predicted molar refractivity (Wildman–Crippen MR) is 99.8 cm³/mol. The van der Waals surface area contributed by atoms with E-state index in [0.29, 0.717) is 40.3 Å². The zero-order chi connectivity index (χ0) is 17.7. The third kappa shape index (κ3) is 3.96. The lowest BCUT2D eigenvalue weighted by Gasteiger charge is -2.11. The van der Waals surface area contributed by atoms with Crippen molar-refractivity contribution in [2.45, 2.75) is 13.8 Å².